The molecule has 24 heavy (non-hydrogen) atoms. The van der Waals surface area contributed by atoms with Gasteiger partial charge in [0.2, 0.25) is 15.0 Å². The molecule has 0 radical (unpaired) electrons. The molecule has 0 N–H and O–H groups in total. The molecule has 1 aliphatic rings. The van der Waals surface area contributed by atoms with Crippen molar-refractivity contribution in [3.05, 3.63) is 15.3 Å². The van der Waals surface area contributed by atoms with Crippen molar-refractivity contribution in [1.29, 1.82) is 0 Å². The highest BCUT2D eigenvalue weighted by Gasteiger charge is 2.30. The Kier molecular flexibility index (Phi) is 4.38. The summed E-state index contributed by atoms with van der Waals surface area (Å²) in [4.78, 5) is 9.95. The average molecular weight is 439 g/mol. The molecular formula is C14H14BrClFN3O3S. The Hall–Kier alpha value is -1.19. The maximum Gasteiger partial charge on any atom is 0.249 e. The Morgan fingerprint density at radius 2 is 2.04 bits per heavy atom. The molecule has 3 rings (SSSR count). The molecule has 0 amide bonds. The minimum atomic E-state index is -3.72. The van der Waals surface area contributed by atoms with Gasteiger partial charge in [0.1, 0.15) is 23.0 Å². The molecule has 1 aromatic carbocycles. The number of nitrogens with zero attached hydrogens (tertiary/aromatic N) is 3. The molecule has 10 heteroatoms. The number of ether oxygens (including phenoxy) is 1. The van der Waals surface area contributed by atoms with Crippen LogP contribution in [0.15, 0.2) is 9.63 Å². The summed E-state index contributed by atoms with van der Waals surface area (Å²) in [6, 6.07) is -0.00413. The SMILES string of the molecule is CC(C)N1CCOc2c(Cl)c(Br)c(F)c3nc(S(C)(=O)=O)nc1c23. The molecule has 0 aliphatic carbocycles. The maximum atomic E-state index is 14.7. The quantitative estimate of drug-likeness (QED) is 0.530. The van der Waals surface area contributed by atoms with E-state index in [0.29, 0.717) is 19.0 Å². The minimum Gasteiger partial charge on any atom is -0.489 e. The normalized spacial score (nSPS) is 14.9. The molecule has 0 fully saturated rings. The first-order valence-electron chi connectivity index (χ1n) is 7.10. The second-order valence-electron chi connectivity index (χ2n) is 5.73. The Labute approximate surface area is 152 Å². The van der Waals surface area contributed by atoms with E-state index < -0.39 is 20.8 Å². The number of hydrogen-bond acceptors (Lipinski definition) is 6. The Bertz CT molecular complexity index is 952. The Morgan fingerprint density at radius 1 is 1.38 bits per heavy atom. The van der Waals surface area contributed by atoms with Crippen LogP contribution in [0.3, 0.4) is 0 Å². The molecule has 130 valence electrons. The maximum absolute atomic E-state index is 14.7. The van der Waals surface area contributed by atoms with Crippen LogP contribution in [0.2, 0.25) is 5.02 Å². The van der Waals surface area contributed by atoms with E-state index >= 15 is 0 Å². The second-order valence-corrected chi connectivity index (χ2v) is 8.81. The third-order valence-electron chi connectivity index (χ3n) is 3.69. The number of anilines is 1. The van der Waals surface area contributed by atoms with Crippen LogP contribution in [-0.4, -0.2) is 43.8 Å². The lowest BCUT2D eigenvalue weighted by Crippen LogP contribution is -2.34. The number of halogens is 3. The molecule has 0 bridgehead atoms. The van der Waals surface area contributed by atoms with E-state index in [0.717, 1.165) is 6.26 Å². The lowest BCUT2D eigenvalue weighted by atomic mass is 10.2. The summed E-state index contributed by atoms with van der Waals surface area (Å²) in [7, 11) is -3.72. The summed E-state index contributed by atoms with van der Waals surface area (Å²) in [5, 5.41) is -0.0847. The topological polar surface area (TPSA) is 72.4 Å². The standard InChI is InChI=1S/C14H14BrClFN3O3S/c1-6(2)20-4-5-23-12-7-11(10(17)8(15)9(12)16)18-14(19-13(7)20)24(3,21)22/h6H,4-5H2,1-3H3. The molecule has 0 saturated carbocycles. The highest BCUT2D eigenvalue weighted by Crippen LogP contribution is 2.45. The zero-order valence-electron chi connectivity index (χ0n) is 13.1. The van der Waals surface area contributed by atoms with E-state index in [1.807, 2.05) is 18.7 Å². The fraction of sp³-hybridized carbons (Fsp3) is 0.429. The predicted octanol–water partition coefficient (Wildman–Crippen LogP) is 3.20. The van der Waals surface area contributed by atoms with E-state index in [2.05, 4.69) is 25.9 Å². The van der Waals surface area contributed by atoms with Crippen LogP contribution in [0.5, 0.6) is 5.75 Å². The largest absolute Gasteiger partial charge is 0.489 e. The monoisotopic (exact) mass is 437 g/mol. The van der Waals surface area contributed by atoms with Gasteiger partial charge in [-0.1, -0.05) is 11.6 Å². The van der Waals surface area contributed by atoms with Gasteiger partial charge >= 0.3 is 0 Å². The minimum absolute atomic E-state index is 0.00413. The van der Waals surface area contributed by atoms with Gasteiger partial charge in [0, 0.05) is 12.3 Å². The van der Waals surface area contributed by atoms with Gasteiger partial charge in [0.25, 0.3) is 0 Å². The van der Waals surface area contributed by atoms with E-state index in [1.165, 1.54) is 0 Å². The van der Waals surface area contributed by atoms with Gasteiger partial charge in [-0.3, -0.25) is 0 Å². The van der Waals surface area contributed by atoms with Gasteiger partial charge in [-0.25, -0.2) is 22.8 Å². The first-order chi connectivity index (χ1) is 11.1. The third-order valence-corrected chi connectivity index (χ3v) is 5.87. The van der Waals surface area contributed by atoms with E-state index in [4.69, 9.17) is 16.3 Å². The van der Waals surface area contributed by atoms with E-state index in [1.54, 1.807) is 0 Å². The van der Waals surface area contributed by atoms with Crippen molar-refractivity contribution in [2.75, 3.05) is 24.3 Å². The number of hydrogen-bond donors (Lipinski definition) is 0. The highest BCUT2D eigenvalue weighted by atomic mass is 79.9. The smallest absolute Gasteiger partial charge is 0.249 e. The fourth-order valence-electron chi connectivity index (χ4n) is 2.57. The summed E-state index contributed by atoms with van der Waals surface area (Å²) in [5.41, 5.74) is -0.140. The predicted molar refractivity (Wildman–Crippen MR) is 93.3 cm³/mol. The van der Waals surface area contributed by atoms with Crippen molar-refractivity contribution in [2.24, 2.45) is 0 Å². The number of benzene rings is 1. The van der Waals surface area contributed by atoms with Crippen molar-refractivity contribution < 1.29 is 17.5 Å². The first kappa shape index (κ1) is 17.6. The summed E-state index contributed by atoms with van der Waals surface area (Å²) in [6.07, 6.45) is 0.984. The molecule has 0 unspecified atom stereocenters. The molecule has 0 spiro atoms. The zero-order chi connectivity index (χ0) is 17.8. The third kappa shape index (κ3) is 2.72. The first-order valence-corrected chi connectivity index (χ1v) is 10.2. The molecular weight excluding hydrogens is 425 g/mol. The van der Waals surface area contributed by atoms with E-state index in [-0.39, 0.29) is 32.2 Å². The van der Waals surface area contributed by atoms with Crippen molar-refractivity contribution in [1.82, 2.24) is 9.97 Å². The number of rotatable bonds is 2. The molecule has 6 nitrogen and oxygen atoms in total. The fourth-order valence-corrected chi connectivity index (χ4v) is 3.68. The molecule has 0 saturated heterocycles. The van der Waals surface area contributed by atoms with Gasteiger partial charge in [-0.05, 0) is 29.8 Å². The number of sulfone groups is 1. The summed E-state index contributed by atoms with van der Waals surface area (Å²) in [5.74, 6) is -0.198. The van der Waals surface area contributed by atoms with Gasteiger partial charge in [-0.15, -0.1) is 0 Å². The lowest BCUT2D eigenvalue weighted by molar-refractivity contribution is 0.328. The summed E-state index contributed by atoms with van der Waals surface area (Å²) < 4.78 is 44.3. The van der Waals surface area contributed by atoms with Gasteiger partial charge in [-0.2, -0.15) is 0 Å². The van der Waals surface area contributed by atoms with Crippen molar-refractivity contribution in [2.45, 2.75) is 25.0 Å². The molecule has 1 aromatic heterocycles. The average Bonchev–Trinajstić information content (AvgIpc) is 2.69. The molecule has 1 aliphatic heterocycles. The van der Waals surface area contributed by atoms with Gasteiger partial charge in [0.05, 0.1) is 16.4 Å². The van der Waals surface area contributed by atoms with E-state index in [9.17, 15) is 12.8 Å². The molecule has 2 aromatic rings. The van der Waals surface area contributed by atoms with Crippen LogP contribution in [0, 0.1) is 5.82 Å². The zero-order valence-corrected chi connectivity index (χ0v) is 16.3. The summed E-state index contributed by atoms with van der Waals surface area (Å²) >= 11 is 9.28. The number of aromatic nitrogens is 2. The molecule has 0 atom stereocenters. The highest BCUT2D eigenvalue weighted by molar-refractivity contribution is 9.10. The molecule has 2 heterocycles. The second kappa shape index (κ2) is 5.96. The van der Waals surface area contributed by atoms with Crippen LogP contribution in [0.4, 0.5) is 10.2 Å². The van der Waals surface area contributed by atoms with Crippen LogP contribution in [0.1, 0.15) is 13.8 Å². The van der Waals surface area contributed by atoms with Crippen LogP contribution < -0.4 is 9.64 Å². The Morgan fingerprint density at radius 3 is 2.62 bits per heavy atom. The van der Waals surface area contributed by atoms with Crippen LogP contribution in [0.25, 0.3) is 10.9 Å². The van der Waals surface area contributed by atoms with Crippen LogP contribution >= 0.6 is 27.5 Å². The lowest BCUT2D eigenvalue weighted by Gasteiger charge is -2.26. The van der Waals surface area contributed by atoms with Gasteiger partial charge in [0.15, 0.2) is 11.6 Å². The summed E-state index contributed by atoms with van der Waals surface area (Å²) in [6.45, 7) is 4.61. The van der Waals surface area contributed by atoms with Crippen molar-refractivity contribution >= 4 is 54.1 Å². The van der Waals surface area contributed by atoms with Crippen molar-refractivity contribution in [3.63, 3.8) is 0 Å². The van der Waals surface area contributed by atoms with Crippen molar-refractivity contribution in [3.8, 4) is 5.75 Å². The van der Waals surface area contributed by atoms with Crippen LogP contribution in [-0.2, 0) is 9.84 Å². The Balaban J connectivity index is 2.54. The van der Waals surface area contributed by atoms with Gasteiger partial charge < -0.3 is 9.64 Å².